The number of phenolic OH excluding ortho intramolecular Hbond substituents is 1. The lowest BCUT2D eigenvalue weighted by atomic mass is 9.96. The molecule has 0 aliphatic heterocycles. The minimum absolute atomic E-state index is 0.0883. The molecule has 0 aliphatic carbocycles. The number of aliphatic carboxylic acids is 1. The summed E-state index contributed by atoms with van der Waals surface area (Å²) < 4.78 is 5.53. The zero-order valence-corrected chi connectivity index (χ0v) is 14.5. The van der Waals surface area contributed by atoms with E-state index in [4.69, 9.17) is 9.84 Å². The second kappa shape index (κ2) is 8.71. The van der Waals surface area contributed by atoms with Crippen LogP contribution in [0.3, 0.4) is 0 Å². The van der Waals surface area contributed by atoms with Gasteiger partial charge < -0.3 is 14.9 Å². The minimum Gasteiger partial charge on any atom is -0.508 e. The second-order valence-corrected chi connectivity index (χ2v) is 5.96. The van der Waals surface area contributed by atoms with Crippen molar-refractivity contribution in [2.24, 2.45) is 5.92 Å². The highest BCUT2D eigenvalue weighted by Crippen LogP contribution is 2.29. The molecule has 2 aromatic rings. The number of hydrogen-bond donors (Lipinski definition) is 3. The van der Waals surface area contributed by atoms with Gasteiger partial charge in [0, 0.05) is 17.7 Å². The van der Waals surface area contributed by atoms with Crippen molar-refractivity contribution in [2.45, 2.75) is 20.0 Å². The van der Waals surface area contributed by atoms with Crippen molar-refractivity contribution in [3.8, 4) is 5.75 Å². The van der Waals surface area contributed by atoms with Gasteiger partial charge in [-0.3, -0.25) is 5.32 Å². The first kappa shape index (κ1) is 19.1. The first-order chi connectivity index (χ1) is 12.3. The maximum Gasteiger partial charge on any atom is 0.412 e. The molecule has 1 amide bonds. The SMILES string of the molecule is Cc1ccc(NC(=O)O[C@H](c2ccc(O)cc2)[C@@H](C)/C=C/C(=O)O)cc1. The van der Waals surface area contributed by atoms with Crippen molar-refractivity contribution in [2.75, 3.05) is 5.32 Å². The molecular weight excluding hydrogens is 334 g/mol. The number of ether oxygens (including phenoxy) is 1. The smallest absolute Gasteiger partial charge is 0.412 e. The zero-order chi connectivity index (χ0) is 19.1. The number of aromatic hydroxyl groups is 1. The van der Waals surface area contributed by atoms with Crippen LogP contribution in [0.2, 0.25) is 0 Å². The lowest BCUT2D eigenvalue weighted by molar-refractivity contribution is -0.131. The number of phenols is 1. The monoisotopic (exact) mass is 355 g/mol. The standard InChI is InChI=1S/C20H21NO5/c1-13-3-8-16(9-4-13)21-20(25)26-19(14(2)5-12-18(23)24)15-6-10-17(22)11-7-15/h3-12,14,19,22H,1-2H3,(H,21,25)(H,23,24)/b12-5+/t14-,19-/m0/s1. The van der Waals surface area contributed by atoms with Gasteiger partial charge in [-0.05, 0) is 36.8 Å². The molecule has 0 radical (unpaired) electrons. The van der Waals surface area contributed by atoms with E-state index in [0.29, 0.717) is 11.3 Å². The van der Waals surface area contributed by atoms with Crippen LogP contribution in [0.15, 0.2) is 60.7 Å². The second-order valence-electron chi connectivity index (χ2n) is 5.96. The van der Waals surface area contributed by atoms with E-state index in [9.17, 15) is 14.7 Å². The molecule has 0 aromatic heterocycles. The number of carbonyl (C=O) groups is 2. The van der Waals surface area contributed by atoms with Gasteiger partial charge in [-0.25, -0.2) is 9.59 Å². The van der Waals surface area contributed by atoms with Crippen molar-refractivity contribution in [3.05, 3.63) is 71.8 Å². The largest absolute Gasteiger partial charge is 0.508 e. The van der Waals surface area contributed by atoms with Gasteiger partial charge in [-0.1, -0.05) is 42.8 Å². The number of anilines is 1. The van der Waals surface area contributed by atoms with E-state index in [2.05, 4.69) is 5.32 Å². The average Bonchev–Trinajstić information content (AvgIpc) is 2.60. The van der Waals surface area contributed by atoms with E-state index in [0.717, 1.165) is 11.6 Å². The average molecular weight is 355 g/mol. The molecule has 2 aromatic carbocycles. The first-order valence-electron chi connectivity index (χ1n) is 8.09. The van der Waals surface area contributed by atoms with Crippen molar-refractivity contribution < 1.29 is 24.5 Å². The Morgan fingerprint density at radius 2 is 1.69 bits per heavy atom. The molecular formula is C20H21NO5. The molecule has 6 heteroatoms. The number of benzene rings is 2. The number of hydrogen-bond acceptors (Lipinski definition) is 4. The maximum absolute atomic E-state index is 12.3. The molecule has 0 saturated heterocycles. The molecule has 0 fully saturated rings. The predicted octanol–water partition coefficient (Wildman–Crippen LogP) is 4.27. The van der Waals surface area contributed by atoms with E-state index in [-0.39, 0.29) is 11.7 Å². The number of aryl methyl sites for hydroxylation is 1. The van der Waals surface area contributed by atoms with Gasteiger partial charge in [0.25, 0.3) is 0 Å². The third-order valence-electron chi connectivity index (χ3n) is 3.77. The van der Waals surface area contributed by atoms with E-state index in [1.54, 1.807) is 31.2 Å². The van der Waals surface area contributed by atoms with E-state index in [1.165, 1.54) is 18.2 Å². The van der Waals surface area contributed by atoms with Crippen molar-refractivity contribution in [3.63, 3.8) is 0 Å². The molecule has 136 valence electrons. The number of carboxylic acids is 1. The molecule has 0 spiro atoms. The molecule has 0 unspecified atom stereocenters. The van der Waals surface area contributed by atoms with Crippen LogP contribution in [0.5, 0.6) is 5.75 Å². The van der Waals surface area contributed by atoms with E-state index in [1.807, 2.05) is 19.1 Å². The van der Waals surface area contributed by atoms with Gasteiger partial charge in [0.1, 0.15) is 11.9 Å². The Morgan fingerprint density at radius 1 is 1.08 bits per heavy atom. The predicted molar refractivity (Wildman–Crippen MR) is 98.1 cm³/mol. The van der Waals surface area contributed by atoms with E-state index < -0.39 is 18.2 Å². The van der Waals surface area contributed by atoms with Crippen LogP contribution >= 0.6 is 0 Å². The fraction of sp³-hybridized carbons (Fsp3) is 0.200. The quantitative estimate of drug-likeness (QED) is 0.673. The van der Waals surface area contributed by atoms with E-state index >= 15 is 0 Å². The highest BCUT2D eigenvalue weighted by molar-refractivity contribution is 5.84. The zero-order valence-electron chi connectivity index (χ0n) is 14.5. The van der Waals surface area contributed by atoms with Crippen molar-refractivity contribution in [1.29, 1.82) is 0 Å². The van der Waals surface area contributed by atoms with Gasteiger partial charge >= 0.3 is 12.1 Å². The summed E-state index contributed by atoms with van der Waals surface area (Å²) >= 11 is 0. The van der Waals surface area contributed by atoms with Crippen molar-refractivity contribution in [1.82, 2.24) is 0 Å². The lowest BCUT2D eigenvalue weighted by Gasteiger charge is -2.22. The number of carboxylic acid groups (broad SMARTS) is 1. The third-order valence-corrected chi connectivity index (χ3v) is 3.77. The maximum atomic E-state index is 12.3. The first-order valence-corrected chi connectivity index (χ1v) is 8.09. The molecule has 6 nitrogen and oxygen atoms in total. The fourth-order valence-electron chi connectivity index (χ4n) is 2.38. The highest BCUT2D eigenvalue weighted by atomic mass is 16.6. The molecule has 0 saturated carbocycles. The Morgan fingerprint density at radius 3 is 2.27 bits per heavy atom. The molecule has 0 aliphatic rings. The minimum atomic E-state index is -1.08. The summed E-state index contributed by atoms with van der Waals surface area (Å²) in [4.78, 5) is 23.0. The van der Waals surface area contributed by atoms with Gasteiger partial charge in [-0.2, -0.15) is 0 Å². The Labute approximate surface area is 151 Å². The van der Waals surface area contributed by atoms with Crippen LogP contribution in [0.4, 0.5) is 10.5 Å². The van der Waals surface area contributed by atoms with Crippen LogP contribution < -0.4 is 5.32 Å². The van der Waals surface area contributed by atoms with Gasteiger partial charge in [0.2, 0.25) is 0 Å². The number of amides is 1. The van der Waals surface area contributed by atoms with Crippen LogP contribution in [0.1, 0.15) is 24.2 Å². The molecule has 0 heterocycles. The summed E-state index contributed by atoms with van der Waals surface area (Å²) in [5.74, 6) is -1.38. The third kappa shape index (κ3) is 5.66. The summed E-state index contributed by atoms with van der Waals surface area (Å²) in [6, 6.07) is 13.5. The Bertz CT molecular complexity index is 781. The molecule has 2 rings (SSSR count). The van der Waals surface area contributed by atoms with Crippen LogP contribution in [-0.4, -0.2) is 22.3 Å². The van der Waals surface area contributed by atoms with Gasteiger partial charge in [0.05, 0.1) is 0 Å². The molecule has 2 atom stereocenters. The fourth-order valence-corrected chi connectivity index (χ4v) is 2.38. The Hall–Kier alpha value is -3.28. The number of rotatable bonds is 6. The number of nitrogens with one attached hydrogen (secondary N) is 1. The van der Waals surface area contributed by atoms with Crippen molar-refractivity contribution >= 4 is 17.7 Å². The Balaban J connectivity index is 2.16. The van der Waals surface area contributed by atoms with Crippen LogP contribution in [-0.2, 0) is 9.53 Å². The summed E-state index contributed by atoms with van der Waals surface area (Å²) in [6.07, 6.45) is 1.11. The van der Waals surface area contributed by atoms with Gasteiger partial charge in [-0.15, -0.1) is 0 Å². The Kier molecular flexibility index (Phi) is 6.38. The summed E-state index contributed by atoms with van der Waals surface area (Å²) in [6.45, 7) is 3.69. The molecule has 0 bridgehead atoms. The summed E-state index contributed by atoms with van der Waals surface area (Å²) in [5.41, 5.74) is 2.31. The molecule has 3 N–H and O–H groups in total. The van der Waals surface area contributed by atoms with Crippen LogP contribution in [0, 0.1) is 12.8 Å². The van der Waals surface area contributed by atoms with Crippen LogP contribution in [0.25, 0.3) is 0 Å². The molecule has 26 heavy (non-hydrogen) atoms. The van der Waals surface area contributed by atoms with Gasteiger partial charge in [0.15, 0.2) is 0 Å². The summed E-state index contributed by atoms with van der Waals surface area (Å²) in [5, 5.41) is 20.9. The normalized spacial score (nSPS) is 13.2. The number of carbonyl (C=O) groups excluding carboxylic acids is 1. The highest BCUT2D eigenvalue weighted by Gasteiger charge is 2.22. The topological polar surface area (TPSA) is 95.9 Å². The lowest BCUT2D eigenvalue weighted by Crippen LogP contribution is -2.21. The summed E-state index contributed by atoms with van der Waals surface area (Å²) in [7, 11) is 0.